The zero-order valence-corrected chi connectivity index (χ0v) is 14.4. The second-order valence-electron chi connectivity index (χ2n) is 6.78. The lowest BCUT2D eigenvalue weighted by Crippen LogP contribution is -2.46. The Hall–Kier alpha value is -3.02. The van der Waals surface area contributed by atoms with Gasteiger partial charge in [0.25, 0.3) is 0 Å². The molecular weight excluding hydrogens is 330 g/mol. The largest absolute Gasteiger partial charge is 0.323 e. The number of carbonyl (C=O) groups is 3. The second kappa shape index (κ2) is 6.37. The van der Waals surface area contributed by atoms with E-state index in [1.807, 2.05) is 42.5 Å². The van der Waals surface area contributed by atoms with E-state index in [1.54, 1.807) is 13.1 Å². The molecule has 6 heteroatoms. The Morgan fingerprint density at radius 1 is 1.15 bits per heavy atom. The van der Waals surface area contributed by atoms with Gasteiger partial charge in [0.1, 0.15) is 6.04 Å². The minimum atomic E-state index is -0.855. The summed E-state index contributed by atoms with van der Waals surface area (Å²) in [4.78, 5) is 43.3. The predicted molar refractivity (Wildman–Crippen MR) is 97.0 cm³/mol. The number of anilines is 1. The molecule has 2 heterocycles. The van der Waals surface area contributed by atoms with Crippen molar-refractivity contribution in [3.05, 3.63) is 48.7 Å². The first-order valence-electron chi connectivity index (χ1n) is 8.74. The van der Waals surface area contributed by atoms with Crippen LogP contribution in [0.4, 0.5) is 5.69 Å². The van der Waals surface area contributed by atoms with Crippen molar-refractivity contribution in [3.8, 4) is 0 Å². The van der Waals surface area contributed by atoms with Gasteiger partial charge in [-0.05, 0) is 31.9 Å². The van der Waals surface area contributed by atoms with Gasteiger partial charge in [-0.25, -0.2) is 0 Å². The molecule has 132 valence electrons. The Morgan fingerprint density at radius 2 is 1.81 bits per heavy atom. The Labute approximate surface area is 150 Å². The van der Waals surface area contributed by atoms with E-state index in [4.69, 9.17) is 0 Å². The minimum Gasteiger partial charge on any atom is -0.323 e. The van der Waals surface area contributed by atoms with Crippen LogP contribution in [0.15, 0.2) is 48.7 Å². The zero-order valence-electron chi connectivity index (χ0n) is 14.4. The van der Waals surface area contributed by atoms with Crippen molar-refractivity contribution >= 4 is 34.3 Å². The van der Waals surface area contributed by atoms with Crippen LogP contribution in [0.25, 0.3) is 10.9 Å². The highest BCUT2D eigenvalue weighted by molar-refractivity contribution is 6.10. The topological polar surface area (TPSA) is 79.4 Å². The number of aromatic nitrogens is 1. The lowest BCUT2D eigenvalue weighted by Gasteiger charge is -2.22. The molecule has 0 radical (unpaired) electrons. The Morgan fingerprint density at radius 3 is 2.50 bits per heavy atom. The molecule has 3 atom stereocenters. The van der Waals surface area contributed by atoms with Gasteiger partial charge < -0.3 is 5.32 Å². The van der Waals surface area contributed by atoms with Crippen molar-refractivity contribution in [2.24, 2.45) is 11.8 Å². The van der Waals surface area contributed by atoms with Crippen LogP contribution in [-0.2, 0) is 14.4 Å². The van der Waals surface area contributed by atoms with Crippen LogP contribution in [0.2, 0.25) is 0 Å². The quantitative estimate of drug-likeness (QED) is 0.682. The average molecular weight is 349 g/mol. The van der Waals surface area contributed by atoms with E-state index in [-0.39, 0.29) is 23.7 Å². The van der Waals surface area contributed by atoms with Gasteiger partial charge in [-0.3, -0.25) is 24.3 Å². The van der Waals surface area contributed by atoms with Gasteiger partial charge in [-0.1, -0.05) is 30.4 Å². The van der Waals surface area contributed by atoms with Crippen LogP contribution in [0.3, 0.4) is 0 Å². The Balaban J connectivity index is 1.52. The smallest absolute Gasteiger partial charge is 0.247 e. The van der Waals surface area contributed by atoms with E-state index in [9.17, 15) is 14.4 Å². The normalized spacial score (nSPS) is 23.2. The maximum atomic E-state index is 12.6. The van der Waals surface area contributed by atoms with Crippen molar-refractivity contribution in [2.75, 3.05) is 5.32 Å². The third kappa shape index (κ3) is 2.67. The number of rotatable bonds is 3. The molecule has 1 aliphatic heterocycles. The maximum absolute atomic E-state index is 12.6. The fraction of sp³-hybridized carbons (Fsp3) is 0.300. The molecule has 1 aliphatic carbocycles. The summed E-state index contributed by atoms with van der Waals surface area (Å²) in [5, 5.41) is 3.68. The molecule has 1 aromatic heterocycles. The molecule has 6 nitrogen and oxygen atoms in total. The number of benzene rings is 1. The van der Waals surface area contributed by atoms with Gasteiger partial charge in [0.15, 0.2) is 0 Å². The Kier molecular flexibility index (Phi) is 4.03. The van der Waals surface area contributed by atoms with Crippen LogP contribution in [0, 0.1) is 11.8 Å². The van der Waals surface area contributed by atoms with E-state index in [1.165, 1.54) is 0 Å². The molecule has 1 N–H and O–H groups in total. The summed E-state index contributed by atoms with van der Waals surface area (Å²) in [7, 11) is 0. The number of pyridine rings is 1. The van der Waals surface area contributed by atoms with Gasteiger partial charge in [-0.2, -0.15) is 0 Å². The van der Waals surface area contributed by atoms with Crippen LogP contribution in [0.5, 0.6) is 0 Å². The summed E-state index contributed by atoms with van der Waals surface area (Å²) in [6.45, 7) is 1.59. The summed E-state index contributed by atoms with van der Waals surface area (Å²) in [6, 6.07) is 8.56. The number of amides is 3. The monoisotopic (exact) mass is 349 g/mol. The fourth-order valence-electron chi connectivity index (χ4n) is 3.71. The lowest BCUT2D eigenvalue weighted by atomic mass is 9.85. The zero-order chi connectivity index (χ0) is 18.3. The molecule has 0 spiro atoms. The highest BCUT2D eigenvalue weighted by atomic mass is 16.2. The first kappa shape index (κ1) is 16.4. The summed E-state index contributed by atoms with van der Waals surface area (Å²) >= 11 is 0. The SMILES string of the molecule is C[C@H](C(=O)Nc1cnc2ccccc2c1)N1C(=O)[C@@H]2CC=CC[C@H]2C1=O. The number of para-hydroxylation sites is 1. The van der Waals surface area contributed by atoms with Crippen molar-refractivity contribution < 1.29 is 14.4 Å². The summed E-state index contributed by atoms with van der Waals surface area (Å²) < 4.78 is 0. The highest BCUT2D eigenvalue weighted by Crippen LogP contribution is 2.36. The summed E-state index contributed by atoms with van der Waals surface area (Å²) in [5.74, 6) is -1.54. The highest BCUT2D eigenvalue weighted by Gasteiger charge is 2.50. The molecule has 4 rings (SSSR count). The third-order valence-electron chi connectivity index (χ3n) is 5.17. The van der Waals surface area contributed by atoms with Gasteiger partial charge in [0.2, 0.25) is 17.7 Å². The third-order valence-corrected chi connectivity index (χ3v) is 5.17. The number of imide groups is 1. The van der Waals surface area contributed by atoms with Crippen molar-refractivity contribution in [1.29, 1.82) is 0 Å². The number of hydrogen-bond acceptors (Lipinski definition) is 4. The molecule has 3 amide bonds. The van der Waals surface area contributed by atoms with Crippen LogP contribution in [0.1, 0.15) is 19.8 Å². The summed E-state index contributed by atoms with van der Waals surface area (Å²) in [6.07, 6.45) is 6.57. The van der Waals surface area contributed by atoms with E-state index in [2.05, 4.69) is 10.3 Å². The standard InChI is InChI=1S/C20H19N3O3/c1-12(23-19(25)15-7-3-4-8-16(15)20(23)26)18(24)22-14-10-13-6-2-5-9-17(13)21-11-14/h2-6,9-12,15-16H,7-8H2,1H3,(H,22,24)/t12-,15-,16-/m1/s1. The molecule has 1 saturated heterocycles. The number of nitrogens with zero attached hydrogens (tertiary/aromatic N) is 2. The van der Waals surface area contributed by atoms with E-state index in [0.29, 0.717) is 18.5 Å². The van der Waals surface area contributed by atoms with Gasteiger partial charge in [0.05, 0.1) is 29.2 Å². The van der Waals surface area contributed by atoms with Gasteiger partial charge in [0, 0.05) is 5.39 Å². The first-order valence-corrected chi connectivity index (χ1v) is 8.74. The van der Waals surface area contributed by atoms with E-state index in [0.717, 1.165) is 15.8 Å². The van der Waals surface area contributed by atoms with Crippen molar-refractivity contribution in [1.82, 2.24) is 9.88 Å². The first-order chi connectivity index (χ1) is 12.6. The van der Waals surface area contributed by atoms with Crippen molar-refractivity contribution in [3.63, 3.8) is 0 Å². The summed E-state index contributed by atoms with van der Waals surface area (Å²) in [5.41, 5.74) is 1.37. The molecule has 2 aliphatic rings. The van der Waals surface area contributed by atoms with Crippen LogP contribution < -0.4 is 5.32 Å². The molecule has 0 saturated carbocycles. The second-order valence-corrected chi connectivity index (χ2v) is 6.78. The molecule has 26 heavy (non-hydrogen) atoms. The lowest BCUT2D eigenvalue weighted by molar-refractivity contribution is -0.146. The number of fused-ring (bicyclic) bond motifs is 2. The molecule has 1 aromatic carbocycles. The number of likely N-dealkylation sites (tertiary alicyclic amines) is 1. The van der Waals surface area contributed by atoms with E-state index < -0.39 is 11.9 Å². The molecule has 1 fully saturated rings. The number of carbonyl (C=O) groups excluding carboxylic acids is 3. The molecular formula is C20H19N3O3. The molecule has 2 aromatic rings. The number of hydrogen-bond donors (Lipinski definition) is 1. The van der Waals surface area contributed by atoms with E-state index >= 15 is 0 Å². The van der Waals surface area contributed by atoms with Crippen LogP contribution in [-0.4, -0.2) is 33.6 Å². The maximum Gasteiger partial charge on any atom is 0.247 e. The van der Waals surface area contributed by atoms with Crippen molar-refractivity contribution in [2.45, 2.75) is 25.8 Å². The Bertz CT molecular complexity index is 911. The van der Waals surface area contributed by atoms with Gasteiger partial charge >= 0.3 is 0 Å². The predicted octanol–water partition coefficient (Wildman–Crippen LogP) is 2.51. The van der Waals surface area contributed by atoms with Gasteiger partial charge in [-0.15, -0.1) is 0 Å². The molecule has 0 unspecified atom stereocenters. The minimum absolute atomic E-state index is 0.247. The number of nitrogens with one attached hydrogen (secondary N) is 1. The number of allylic oxidation sites excluding steroid dienone is 2. The average Bonchev–Trinajstić information content (AvgIpc) is 2.92. The van der Waals surface area contributed by atoms with Crippen LogP contribution >= 0.6 is 0 Å². The fourth-order valence-corrected chi connectivity index (χ4v) is 3.71. The molecule has 0 bridgehead atoms.